The van der Waals surface area contributed by atoms with Crippen molar-refractivity contribution in [1.29, 1.82) is 0 Å². The molecule has 0 aliphatic heterocycles. The minimum Gasteiger partial charge on any atom is -0.493 e. The molecule has 6 nitrogen and oxygen atoms in total. The number of carboxylic acid groups (broad SMARTS) is 1. The third-order valence-corrected chi connectivity index (χ3v) is 6.80. The van der Waals surface area contributed by atoms with Crippen molar-refractivity contribution < 1.29 is 23.8 Å². The second-order valence-corrected chi connectivity index (χ2v) is 9.48. The number of carbonyl (C=O) groups excluding carboxylic acids is 1. The molecule has 1 aliphatic carbocycles. The summed E-state index contributed by atoms with van der Waals surface area (Å²) in [5.74, 6) is -1.37. The maximum absolute atomic E-state index is 14.9. The van der Waals surface area contributed by atoms with Gasteiger partial charge in [-0.2, -0.15) is 0 Å². The fourth-order valence-corrected chi connectivity index (χ4v) is 4.49. The van der Waals surface area contributed by atoms with Crippen LogP contribution in [0.5, 0.6) is 5.75 Å². The Kier molecular flexibility index (Phi) is 7.59. The minimum absolute atomic E-state index is 0.00912. The molecule has 1 heterocycles. The highest BCUT2D eigenvalue weighted by Crippen LogP contribution is 2.40. The molecule has 1 atom stereocenters. The summed E-state index contributed by atoms with van der Waals surface area (Å²) < 4.78 is 20.5. The van der Waals surface area contributed by atoms with E-state index < -0.39 is 17.7 Å². The van der Waals surface area contributed by atoms with Gasteiger partial charge in [0.2, 0.25) is 5.91 Å². The number of anilines is 1. The van der Waals surface area contributed by atoms with E-state index in [1.807, 2.05) is 6.92 Å². The molecule has 188 valence electrons. The lowest BCUT2D eigenvalue weighted by Crippen LogP contribution is -2.32. The van der Waals surface area contributed by atoms with Gasteiger partial charge >= 0.3 is 5.97 Å². The van der Waals surface area contributed by atoms with E-state index >= 15 is 0 Å². The monoisotopic (exact) mass is 510 g/mol. The summed E-state index contributed by atoms with van der Waals surface area (Å²) in [4.78, 5) is 31.1. The zero-order valence-corrected chi connectivity index (χ0v) is 21.2. The van der Waals surface area contributed by atoms with Gasteiger partial charge in [-0.25, -0.2) is 9.18 Å². The highest BCUT2D eigenvalue weighted by Gasteiger charge is 2.33. The molecule has 1 N–H and O–H groups in total. The van der Waals surface area contributed by atoms with E-state index in [1.165, 1.54) is 12.1 Å². The van der Waals surface area contributed by atoms with Crippen LogP contribution in [-0.2, 0) is 4.79 Å². The molecule has 1 unspecified atom stereocenters. The number of rotatable bonds is 9. The Hall–Kier alpha value is -3.45. The second-order valence-electron chi connectivity index (χ2n) is 9.07. The van der Waals surface area contributed by atoms with Crippen LogP contribution < -0.4 is 9.64 Å². The first-order valence-corrected chi connectivity index (χ1v) is 12.3. The average Bonchev–Trinajstić information content (AvgIpc) is 3.68. The Balaban J connectivity index is 1.64. The van der Waals surface area contributed by atoms with Crippen molar-refractivity contribution >= 4 is 29.2 Å². The Bertz CT molecular complexity index is 1290. The first-order valence-electron chi connectivity index (χ1n) is 11.9. The van der Waals surface area contributed by atoms with Crippen molar-refractivity contribution in [3.8, 4) is 16.9 Å². The zero-order valence-electron chi connectivity index (χ0n) is 20.4. The van der Waals surface area contributed by atoms with Crippen LogP contribution in [0.25, 0.3) is 11.1 Å². The molecular formula is C28H28ClFN2O4. The number of amides is 1. The standard InChI is InChI=1S/C28H28ClFN2O4/c1-4-36-24-12-10-22(29)26(30)25(24)18-7-11-23(31-15-18)21(14-17-5-6-17)27(33)32(3)19-8-9-20(28(34)35)16(2)13-19/h7-13,15,17,21H,4-6,14H2,1-3H3,(H,34,35). The molecular weight excluding hydrogens is 483 g/mol. The molecule has 8 heteroatoms. The lowest BCUT2D eigenvalue weighted by atomic mass is 9.94. The van der Waals surface area contributed by atoms with Crippen LogP contribution in [0.4, 0.5) is 10.1 Å². The van der Waals surface area contributed by atoms with E-state index in [0.717, 1.165) is 12.8 Å². The minimum atomic E-state index is -1.01. The van der Waals surface area contributed by atoms with Crippen molar-refractivity contribution in [1.82, 2.24) is 4.98 Å². The van der Waals surface area contributed by atoms with Crippen LogP contribution in [0, 0.1) is 18.7 Å². The average molecular weight is 511 g/mol. The van der Waals surface area contributed by atoms with E-state index in [9.17, 15) is 19.1 Å². The summed E-state index contributed by atoms with van der Waals surface area (Å²) >= 11 is 6.02. The second kappa shape index (κ2) is 10.7. The van der Waals surface area contributed by atoms with E-state index in [0.29, 0.717) is 47.2 Å². The fourth-order valence-electron chi connectivity index (χ4n) is 4.33. The van der Waals surface area contributed by atoms with Gasteiger partial charge in [0, 0.05) is 24.5 Å². The topological polar surface area (TPSA) is 79.7 Å². The summed E-state index contributed by atoms with van der Waals surface area (Å²) in [6.45, 7) is 3.90. The fraction of sp³-hybridized carbons (Fsp3) is 0.321. The zero-order chi connectivity index (χ0) is 26.0. The molecule has 1 aromatic heterocycles. The number of aryl methyl sites for hydroxylation is 1. The number of likely N-dealkylation sites (N-methyl/N-ethyl adjacent to an activating group) is 1. The van der Waals surface area contributed by atoms with Gasteiger partial charge in [-0.1, -0.05) is 30.5 Å². The van der Waals surface area contributed by atoms with Gasteiger partial charge in [0.15, 0.2) is 5.82 Å². The number of benzene rings is 2. The lowest BCUT2D eigenvalue weighted by molar-refractivity contribution is -0.120. The van der Waals surface area contributed by atoms with Gasteiger partial charge in [0.05, 0.1) is 34.4 Å². The van der Waals surface area contributed by atoms with E-state index in [4.69, 9.17) is 16.3 Å². The Morgan fingerprint density at radius 2 is 1.97 bits per heavy atom. The van der Waals surface area contributed by atoms with Gasteiger partial charge in [0.1, 0.15) is 5.75 Å². The van der Waals surface area contributed by atoms with Crippen molar-refractivity contribution in [2.24, 2.45) is 5.92 Å². The molecule has 0 spiro atoms. The number of aromatic carboxylic acids is 1. The van der Waals surface area contributed by atoms with Crippen molar-refractivity contribution in [3.63, 3.8) is 0 Å². The summed E-state index contributed by atoms with van der Waals surface area (Å²) in [5, 5.41) is 9.29. The number of nitrogens with zero attached hydrogens (tertiary/aromatic N) is 2. The number of hydrogen-bond donors (Lipinski definition) is 1. The first kappa shape index (κ1) is 25.6. The molecule has 1 aliphatic rings. The predicted octanol–water partition coefficient (Wildman–Crippen LogP) is 6.49. The Morgan fingerprint density at radius 1 is 1.22 bits per heavy atom. The number of carbonyl (C=O) groups is 2. The summed E-state index contributed by atoms with van der Waals surface area (Å²) in [5.41, 5.74) is 2.73. The third kappa shape index (κ3) is 5.36. The molecule has 1 saturated carbocycles. The van der Waals surface area contributed by atoms with Gasteiger partial charge in [0.25, 0.3) is 0 Å². The van der Waals surface area contributed by atoms with Gasteiger partial charge in [-0.15, -0.1) is 0 Å². The summed E-state index contributed by atoms with van der Waals surface area (Å²) in [7, 11) is 1.68. The maximum atomic E-state index is 14.9. The molecule has 0 radical (unpaired) electrons. The third-order valence-electron chi connectivity index (χ3n) is 6.51. The van der Waals surface area contributed by atoms with Gasteiger partial charge in [-0.05, 0) is 68.1 Å². The van der Waals surface area contributed by atoms with Crippen LogP contribution in [-0.4, -0.2) is 35.6 Å². The van der Waals surface area contributed by atoms with Crippen LogP contribution in [0.3, 0.4) is 0 Å². The largest absolute Gasteiger partial charge is 0.493 e. The number of halogens is 2. The highest BCUT2D eigenvalue weighted by molar-refractivity contribution is 6.31. The van der Waals surface area contributed by atoms with Crippen LogP contribution in [0.15, 0.2) is 48.7 Å². The summed E-state index contributed by atoms with van der Waals surface area (Å²) in [6.07, 6.45) is 4.36. The molecule has 0 bridgehead atoms. The van der Waals surface area contributed by atoms with Crippen molar-refractivity contribution in [2.75, 3.05) is 18.6 Å². The molecule has 1 fully saturated rings. The summed E-state index contributed by atoms with van der Waals surface area (Å²) in [6, 6.07) is 11.4. The van der Waals surface area contributed by atoms with Crippen molar-refractivity contribution in [2.45, 2.75) is 39.0 Å². The SMILES string of the molecule is CCOc1ccc(Cl)c(F)c1-c1ccc(C(CC2CC2)C(=O)N(C)c2ccc(C(=O)O)c(C)c2)nc1. The maximum Gasteiger partial charge on any atom is 0.335 e. The predicted molar refractivity (Wildman–Crippen MR) is 137 cm³/mol. The molecule has 2 aromatic carbocycles. The van der Waals surface area contributed by atoms with Gasteiger partial charge in [-0.3, -0.25) is 9.78 Å². The molecule has 4 rings (SSSR count). The quantitative estimate of drug-likeness (QED) is 0.356. The number of ether oxygens (including phenoxy) is 1. The van der Waals surface area contributed by atoms with E-state index in [1.54, 1.807) is 55.4 Å². The smallest absolute Gasteiger partial charge is 0.335 e. The molecule has 0 saturated heterocycles. The number of pyridine rings is 1. The Labute approximate surface area is 214 Å². The molecule has 36 heavy (non-hydrogen) atoms. The number of aromatic nitrogens is 1. The highest BCUT2D eigenvalue weighted by atomic mass is 35.5. The number of hydrogen-bond acceptors (Lipinski definition) is 4. The van der Waals surface area contributed by atoms with Gasteiger partial charge < -0.3 is 14.7 Å². The first-order chi connectivity index (χ1) is 17.2. The Morgan fingerprint density at radius 3 is 2.56 bits per heavy atom. The van der Waals surface area contributed by atoms with E-state index in [-0.39, 0.29) is 22.1 Å². The normalized spacial score (nSPS) is 13.8. The van der Waals surface area contributed by atoms with Crippen molar-refractivity contribution in [3.05, 3.63) is 76.3 Å². The molecule has 3 aromatic rings. The van der Waals surface area contributed by atoms with Crippen LogP contribution in [0.2, 0.25) is 5.02 Å². The lowest BCUT2D eigenvalue weighted by Gasteiger charge is -2.24. The number of carboxylic acids is 1. The molecule has 1 amide bonds. The van der Waals surface area contributed by atoms with Crippen LogP contribution in [0.1, 0.15) is 53.7 Å². The van der Waals surface area contributed by atoms with E-state index in [2.05, 4.69) is 4.98 Å². The van der Waals surface area contributed by atoms with Crippen LogP contribution >= 0.6 is 11.6 Å².